The molecule has 1 atom stereocenters. The van der Waals surface area contributed by atoms with Crippen LogP contribution in [-0.2, 0) is 22.5 Å². The standard InChI is InChI=1S/C15H24N2O2/c1-4-17(12(2)11-19-3)15(18)9-13-7-5-6-8-14(13)10-16/h5-8,12H,4,9-11,16H2,1-3H3. The summed E-state index contributed by atoms with van der Waals surface area (Å²) < 4.78 is 5.12. The summed E-state index contributed by atoms with van der Waals surface area (Å²) in [6.45, 7) is 5.69. The minimum absolute atomic E-state index is 0.0903. The molecule has 1 rings (SSSR count). The molecule has 0 spiro atoms. The second-order valence-electron chi connectivity index (χ2n) is 4.63. The number of carbonyl (C=O) groups is 1. The zero-order valence-electron chi connectivity index (χ0n) is 12.1. The second-order valence-corrected chi connectivity index (χ2v) is 4.63. The smallest absolute Gasteiger partial charge is 0.227 e. The summed E-state index contributed by atoms with van der Waals surface area (Å²) in [6.07, 6.45) is 0.398. The first kappa shape index (κ1) is 15.7. The first-order valence-corrected chi connectivity index (χ1v) is 6.69. The molecule has 0 aromatic heterocycles. The Morgan fingerprint density at radius 1 is 1.37 bits per heavy atom. The third kappa shape index (κ3) is 4.33. The molecular weight excluding hydrogens is 240 g/mol. The van der Waals surface area contributed by atoms with Crippen LogP contribution in [0.2, 0.25) is 0 Å². The first-order chi connectivity index (χ1) is 9.13. The summed E-state index contributed by atoms with van der Waals surface area (Å²) in [7, 11) is 1.65. The van der Waals surface area contributed by atoms with Crippen molar-refractivity contribution in [3.05, 3.63) is 35.4 Å². The van der Waals surface area contributed by atoms with Gasteiger partial charge in [-0.2, -0.15) is 0 Å². The highest BCUT2D eigenvalue weighted by Crippen LogP contribution is 2.11. The topological polar surface area (TPSA) is 55.6 Å². The van der Waals surface area contributed by atoms with Crippen molar-refractivity contribution >= 4 is 5.91 Å². The first-order valence-electron chi connectivity index (χ1n) is 6.69. The van der Waals surface area contributed by atoms with Crippen LogP contribution < -0.4 is 5.73 Å². The van der Waals surface area contributed by atoms with Crippen LogP contribution in [0.5, 0.6) is 0 Å². The Kier molecular flexibility index (Phi) is 6.53. The lowest BCUT2D eigenvalue weighted by atomic mass is 10.0. The minimum Gasteiger partial charge on any atom is -0.383 e. The van der Waals surface area contributed by atoms with Crippen molar-refractivity contribution in [3.63, 3.8) is 0 Å². The molecule has 4 heteroatoms. The lowest BCUT2D eigenvalue weighted by molar-refractivity contribution is -0.133. The van der Waals surface area contributed by atoms with Crippen LogP contribution in [0.4, 0.5) is 0 Å². The van der Waals surface area contributed by atoms with E-state index in [1.807, 2.05) is 43.0 Å². The number of carbonyl (C=O) groups excluding carboxylic acids is 1. The summed E-state index contributed by atoms with van der Waals surface area (Å²) in [4.78, 5) is 14.2. The van der Waals surface area contributed by atoms with Gasteiger partial charge in [0.25, 0.3) is 0 Å². The summed E-state index contributed by atoms with van der Waals surface area (Å²) in [5, 5.41) is 0. The molecule has 0 heterocycles. The summed E-state index contributed by atoms with van der Waals surface area (Å²) in [6, 6.07) is 7.91. The Morgan fingerprint density at radius 3 is 2.53 bits per heavy atom. The normalized spacial score (nSPS) is 12.2. The van der Waals surface area contributed by atoms with Gasteiger partial charge < -0.3 is 15.4 Å². The third-order valence-electron chi connectivity index (χ3n) is 3.28. The van der Waals surface area contributed by atoms with Crippen LogP contribution >= 0.6 is 0 Å². The highest BCUT2D eigenvalue weighted by molar-refractivity contribution is 5.79. The van der Waals surface area contributed by atoms with E-state index >= 15 is 0 Å². The van der Waals surface area contributed by atoms with Crippen molar-refractivity contribution in [2.24, 2.45) is 5.73 Å². The summed E-state index contributed by atoms with van der Waals surface area (Å²) in [5.74, 6) is 0.118. The maximum atomic E-state index is 12.4. The molecular formula is C15H24N2O2. The van der Waals surface area contributed by atoms with E-state index in [-0.39, 0.29) is 11.9 Å². The maximum Gasteiger partial charge on any atom is 0.227 e. The highest BCUT2D eigenvalue weighted by atomic mass is 16.5. The van der Waals surface area contributed by atoms with Crippen LogP contribution in [0.3, 0.4) is 0 Å². The minimum atomic E-state index is 0.0903. The average Bonchev–Trinajstić information content (AvgIpc) is 2.40. The van der Waals surface area contributed by atoms with E-state index in [9.17, 15) is 4.79 Å². The molecule has 0 aliphatic carbocycles. The van der Waals surface area contributed by atoms with E-state index in [2.05, 4.69) is 0 Å². The maximum absolute atomic E-state index is 12.4. The largest absolute Gasteiger partial charge is 0.383 e. The third-order valence-corrected chi connectivity index (χ3v) is 3.28. The van der Waals surface area contributed by atoms with Crippen molar-refractivity contribution in [3.8, 4) is 0 Å². The van der Waals surface area contributed by atoms with Gasteiger partial charge in [-0.3, -0.25) is 4.79 Å². The Hall–Kier alpha value is -1.39. The lowest BCUT2D eigenvalue weighted by Gasteiger charge is -2.28. The fourth-order valence-corrected chi connectivity index (χ4v) is 2.26. The number of rotatable bonds is 7. The molecule has 0 saturated heterocycles. The molecule has 0 saturated carbocycles. The van der Waals surface area contributed by atoms with Crippen LogP contribution in [-0.4, -0.2) is 37.1 Å². The Labute approximate surface area is 115 Å². The predicted octanol–water partition coefficient (Wildman–Crippen LogP) is 1.57. The number of methoxy groups -OCH3 is 1. The number of amides is 1. The van der Waals surface area contributed by atoms with E-state index in [0.717, 1.165) is 11.1 Å². The van der Waals surface area contributed by atoms with Gasteiger partial charge in [-0.15, -0.1) is 0 Å². The fraction of sp³-hybridized carbons (Fsp3) is 0.533. The van der Waals surface area contributed by atoms with Crippen LogP contribution in [0.15, 0.2) is 24.3 Å². The number of hydrogen-bond acceptors (Lipinski definition) is 3. The van der Waals surface area contributed by atoms with Gasteiger partial charge in [0.2, 0.25) is 5.91 Å². The quantitative estimate of drug-likeness (QED) is 0.813. The summed E-state index contributed by atoms with van der Waals surface area (Å²) >= 11 is 0. The van der Waals surface area contributed by atoms with E-state index in [0.29, 0.717) is 26.1 Å². The molecule has 1 unspecified atom stereocenters. The van der Waals surface area contributed by atoms with E-state index in [1.54, 1.807) is 7.11 Å². The van der Waals surface area contributed by atoms with Crippen molar-refractivity contribution in [2.75, 3.05) is 20.3 Å². The monoisotopic (exact) mass is 264 g/mol. The van der Waals surface area contributed by atoms with Crippen LogP contribution in [0.25, 0.3) is 0 Å². The van der Waals surface area contributed by atoms with Gasteiger partial charge in [-0.1, -0.05) is 24.3 Å². The van der Waals surface area contributed by atoms with Crippen molar-refractivity contribution in [1.82, 2.24) is 4.90 Å². The van der Waals surface area contributed by atoms with Crippen molar-refractivity contribution < 1.29 is 9.53 Å². The van der Waals surface area contributed by atoms with Gasteiger partial charge >= 0.3 is 0 Å². The van der Waals surface area contributed by atoms with E-state index in [1.165, 1.54) is 0 Å². The van der Waals surface area contributed by atoms with E-state index < -0.39 is 0 Å². The van der Waals surface area contributed by atoms with Gasteiger partial charge in [0, 0.05) is 20.2 Å². The molecule has 1 amide bonds. The molecule has 106 valence electrons. The second kappa shape index (κ2) is 7.92. The number of benzene rings is 1. The Bertz CT molecular complexity index is 407. The SMILES string of the molecule is CCN(C(=O)Cc1ccccc1CN)C(C)COC. The van der Waals surface area contributed by atoms with Crippen molar-refractivity contribution in [2.45, 2.75) is 32.9 Å². The molecule has 2 N–H and O–H groups in total. The number of nitrogens with zero attached hydrogens (tertiary/aromatic N) is 1. The van der Waals surface area contributed by atoms with Crippen LogP contribution in [0.1, 0.15) is 25.0 Å². The molecule has 1 aromatic carbocycles. The molecule has 19 heavy (non-hydrogen) atoms. The van der Waals surface area contributed by atoms with Gasteiger partial charge in [0.15, 0.2) is 0 Å². The molecule has 4 nitrogen and oxygen atoms in total. The Morgan fingerprint density at radius 2 is 2.00 bits per heavy atom. The zero-order chi connectivity index (χ0) is 14.3. The van der Waals surface area contributed by atoms with Crippen molar-refractivity contribution in [1.29, 1.82) is 0 Å². The predicted molar refractivity (Wildman–Crippen MR) is 76.8 cm³/mol. The Balaban J connectivity index is 2.76. The molecule has 0 radical (unpaired) electrons. The highest BCUT2D eigenvalue weighted by Gasteiger charge is 2.19. The molecule has 0 bridgehead atoms. The lowest BCUT2D eigenvalue weighted by Crippen LogP contribution is -2.41. The molecule has 0 aliphatic rings. The van der Waals surface area contributed by atoms with Gasteiger partial charge in [-0.05, 0) is 25.0 Å². The van der Waals surface area contributed by atoms with E-state index in [4.69, 9.17) is 10.5 Å². The molecule has 0 fully saturated rings. The fourth-order valence-electron chi connectivity index (χ4n) is 2.26. The molecule has 1 aromatic rings. The average molecular weight is 264 g/mol. The zero-order valence-corrected chi connectivity index (χ0v) is 12.1. The number of ether oxygens (including phenoxy) is 1. The van der Waals surface area contributed by atoms with Gasteiger partial charge in [0.1, 0.15) is 0 Å². The van der Waals surface area contributed by atoms with Gasteiger partial charge in [-0.25, -0.2) is 0 Å². The molecule has 0 aliphatic heterocycles. The number of hydrogen-bond donors (Lipinski definition) is 1. The van der Waals surface area contributed by atoms with Crippen LogP contribution in [0, 0.1) is 0 Å². The summed E-state index contributed by atoms with van der Waals surface area (Å²) in [5.41, 5.74) is 7.74. The van der Waals surface area contributed by atoms with Gasteiger partial charge in [0.05, 0.1) is 19.1 Å². The number of nitrogens with two attached hydrogens (primary N) is 1. The number of likely N-dealkylation sites (N-methyl/N-ethyl adjacent to an activating group) is 1.